The fraction of sp³-hybridized carbons (Fsp3) is 0.500. The monoisotopic (exact) mass is 418 g/mol. The van der Waals surface area contributed by atoms with Gasteiger partial charge in [-0.25, -0.2) is 9.97 Å². The maximum atomic E-state index is 13.3. The van der Waals surface area contributed by atoms with Crippen LogP contribution in [0.4, 0.5) is 19.1 Å². The van der Waals surface area contributed by atoms with Crippen LogP contribution in [-0.2, 0) is 29.2 Å². The fourth-order valence-corrected chi connectivity index (χ4v) is 4.72. The molecule has 0 radical (unpaired) electrons. The van der Waals surface area contributed by atoms with E-state index in [4.69, 9.17) is 4.98 Å². The van der Waals surface area contributed by atoms with E-state index in [0.29, 0.717) is 19.0 Å². The van der Waals surface area contributed by atoms with Gasteiger partial charge in [0.15, 0.2) is 0 Å². The molecule has 1 aromatic carbocycles. The van der Waals surface area contributed by atoms with Gasteiger partial charge in [-0.05, 0) is 42.9 Å². The largest absolute Gasteiger partial charge is 0.416 e. The smallest absolute Gasteiger partial charge is 0.347 e. The molecule has 1 saturated heterocycles. The first-order chi connectivity index (χ1) is 14.2. The van der Waals surface area contributed by atoms with Crippen LogP contribution in [0.3, 0.4) is 0 Å². The molecule has 8 heteroatoms. The molecule has 0 saturated carbocycles. The van der Waals surface area contributed by atoms with Crippen molar-refractivity contribution in [1.82, 2.24) is 14.9 Å². The first-order valence-electron chi connectivity index (χ1n) is 10.2. The van der Waals surface area contributed by atoms with Crippen molar-refractivity contribution >= 4 is 11.9 Å². The Hall–Kier alpha value is -2.64. The molecule has 2 aromatic rings. The molecule has 0 bridgehead atoms. The summed E-state index contributed by atoms with van der Waals surface area (Å²) >= 11 is 0. The number of likely N-dealkylation sites (tertiary alicyclic amines) is 1. The number of piperidine rings is 1. The number of alkyl halides is 3. The molecule has 5 nitrogen and oxygen atoms in total. The molecular formula is C22H25F3N4O. The summed E-state index contributed by atoms with van der Waals surface area (Å²) in [4.78, 5) is 25.8. The van der Waals surface area contributed by atoms with Gasteiger partial charge in [0.1, 0.15) is 0 Å². The molecule has 1 amide bonds. The van der Waals surface area contributed by atoms with Crippen molar-refractivity contribution in [3.05, 3.63) is 52.8 Å². The number of halogens is 3. The van der Waals surface area contributed by atoms with Crippen LogP contribution in [0.5, 0.6) is 0 Å². The van der Waals surface area contributed by atoms with Crippen LogP contribution in [0.1, 0.15) is 41.6 Å². The predicted octanol–water partition coefficient (Wildman–Crippen LogP) is 3.61. The zero-order chi connectivity index (χ0) is 21.5. The third kappa shape index (κ3) is 3.75. The van der Waals surface area contributed by atoms with E-state index in [1.165, 1.54) is 12.1 Å². The van der Waals surface area contributed by atoms with E-state index in [1.54, 1.807) is 11.0 Å². The minimum Gasteiger partial charge on any atom is -0.347 e. The number of aryl methyl sites for hydroxylation is 1. The number of rotatable bonds is 3. The number of nitrogens with zero attached hydrogens (tertiary/aromatic N) is 4. The molecule has 1 aliphatic carbocycles. The second kappa shape index (κ2) is 7.56. The van der Waals surface area contributed by atoms with Crippen molar-refractivity contribution in [2.75, 3.05) is 32.1 Å². The van der Waals surface area contributed by atoms with E-state index in [1.807, 2.05) is 25.2 Å². The van der Waals surface area contributed by atoms with Crippen molar-refractivity contribution in [3.63, 3.8) is 0 Å². The van der Waals surface area contributed by atoms with Crippen LogP contribution in [0, 0.1) is 0 Å². The summed E-state index contributed by atoms with van der Waals surface area (Å²) < 4.78 is 39.9. The molecule has 2 heterocycles. The van der Waals surface area contributed by atoms with Gasteiger partial charge < -0.3 is 9.80 Å². The number of aromatic nitrogens is 2. The second-order valence-corrected chi connectivity index (χ2v) is 8.47. The van der Waals surface area contributed by atoms with Gasteiger partial charge in [0.25, 0.3) is 0 Å². The Bertz CT molecular complexity index is 956. The van der Waals surface area contributed by atoms with E-state index >= 15 is 0 Å². The van der Waals surface area contributed by atoms with Gasteiger partial charge >= 0.3 is 6.18 Å². The average molecular weight is 418 g/mol. The molecule has 1 aliphatic heterocycles. The normalized spacial score (nSPS) is 21.0. The number of benzene rings is 1. The average Bonchev–Trinajstić information content (AvgIpc) is 3.05. The molecule has 1 spiro atoms. The summed E-state index contributed by atoms with van der Waals surface area (Å²) in [5.41, 5.74) is 1.16. The van der Waals surface area contributed by atoms with Gasteiger partial charge in [-0.15, -0.1) is 0 Å². The summed E-state index contributed by atoms with van der Waals surface area (Å²) in [6, 6.07) is 5.32. The van der Waals surface area contributed by atoms with Crippen LogP contribution in [0.15, 0.2) is 30.5 Å². The highest BCUT2D eigenvalue weighted by Crippen LogP contribution is 2.44. The van der Waals surface area contributed by atoms with Crippen LogP contribution in [-0.4, -0.2) is 48.0 Å². The highest BCUT2D eigenvalue weighted by molar-refractivity contribution is 5.79. The van der Waals surface area contributed by atoms with E-state index in [-0.39, 0.29) is 23.3 Å². The lowest BCUT2D eigenvalue weighted by molar-refractivity contribution is -0.139. The lowest BCUT2D eigenvalue weighted by Crippen LogP contribution is -2.48. The Morgan fingerprint density at radius 2 is 2.00 bits per heavy atom. The standard InChI is InChI=1S/C22H25F3N4O/c1-28(2)20-26-13-16-8-10-21(19(16)27-20)9-5-11-29(14-21)18(30)12-15-6-3-4-7-17(15)22(23,24)25/h3-4,6-7,13H,5,8-12,14H2,1-2H3. The lowest BCUT2D eigenvalue weighted by Gasteiger charge is -2.40. The highest BCUT2D eigenvalue weighted by Gasteiger charge is 2.45. The first kappa shape index (κ1) is 20.6. The minimum atomic E-state index is -4.47. The van der Waals surface area contributed by atoms with Crippen molar-refractivity contribution < 1.29 is 18.0 Å². The van der Waals surface area contributed by atoms with E-state index in [0.717, 1.165) is 43.0 Å². The van der Waals surface area contributed by atoms with Crippen molar-refractivity contribution in [1.29, 1.82) is 0 Å². The lowest BCUT2D eigenvalue weighted by atomic mass is 9.77. The van der Waals surface area contributed by atoms with Gasteiger partial charge in [-0.2, -0.15) is 13.2 Å². The topological polar surface area (TPSA) is 49.3 Å². The number of amides is 1. The second-order valence-electron chi connectivity index (χ2n) is 8.47. The third-order valence-electron chi connectivity index (χ3n) is 6.22. The van der Waals surface area contributed by atoms with Crippen molar-refractivity contribution in [3.8, 4) is 0 Å². The van der Waals surface area contributed by atoms with Crippen molar-refractivity contribution in [2.45, 2.75) is 43.7 Å². The Balaban J connectivity index is 1.57. The molecule has 160 valence electrons. The van der Waals surface area contributed by atoms with Crippen LogP contribution >= 0.6 is 0 Å². The molecule has 0 N–H and O–H groups in total. The summed E-state index contributed by atoms with van der Waals surface area (Å²) in [6.07, 6.45) is 0.640. The quantitative estimate of drug-likeness (QED) is 0.764. The molecule has 1 fully saturated rings. The molecule has 1 unspecified atom stereocenters. The number of hydrogen-bond acceptors (Lipinski definition) is 4. The number of fused-ring (bicyclic) bond motifs is 2. The summed E-state index contributed by atoms with van der Waals surface area (Å²) in [6.45, 7) is 1.06. The minimum absolute atomic E-state index is 0.0265. The molecular weight excluding hydrogens is 393 g/mol. The van der Waals surface area contributed by atoms with E-state index in [9.17, 15) is 18.0 Å². The number of carbonyl (C=O) groups is 1. The highest BCUT2D eigenvalue weighted by atomic mass is 19.4. The van der Waals surface area contributed by atoms with E-state index in [2.05, 4.69) is 4.98 Å². The Morgan fingerprint density at radius 1 is 1.23 bits per heavy atom. The van der Waals surface area contributed by atoms with Gasteiger partial charge in [0.2, 0.25) is 11.9 Å². The maximum absolute atomic E-state index is 13.3. The molecule has 4 rings (SSSR count). The number of hydrogen-bond donors (Lipinski definition) is 0. The van der Waals surface area contributed by atoms with Gasteiger partial charge in [0.05, 0.1) is 17.7 Å². The van der Waals surface area contributed by atoms with Crippen LogP contribution in [0.2, 0.25) is 0 Å². The number of anilines is 1. The predicted molar refractivity (Wildman–Crippen MR) is 107 cm³/mol. The van der Waals surface area contributed by atoms with E-state index < -0.39 is 11.7 Å². The van der Waals surface area contributed by atoms with Crippen LogP contribution < -0.4 is 4.90 Å². The van der Waals surface area contributed by atoms with Gasteiger partial charge in [-0.1, -0.05) is 18.2 Å². The Labute approximate surface area is 173 Å². The first-order valence-corrected chi connectivity index (χ1v) is 10.2. The molecule has 1 aromatic heterocycles. The number of carbonyl (C=O) groups excluding carboxylic acids is 1. The summed E-state index contributed by atoms with van der Waals surface area (Å²) in [7, 11) is 3.77. The fourth-order valence-electron chi connectivity index (χ4n) is 4.72. The Morgan fingerprint density at radius 3 is 2.73 bits per heavy atom. The SMILES string of the molecule is CN(C)c1ncc2c(n1)C1(CCCN(C(=O)Cc3ccccc3C(F)(F)F)C1)CC2. The van der Waals surface area contributed by atoms with Gasteiger partial charge in [0, 0.05) is 38.8 Å². The molecule has 1 atom stereocenters. The molecule has 2 aliphatic rings. The zero-order valence-corrected chi connectivity index (χ0v) is 17.2. The Kier molecular flexibility index (Phi) is 5.20. The van der Waals surface area contributed by atoms with Crippen molar-refractivity contribution in [2.24, 2.45) is 0 Å². The third-order valence-corrected chi connectivity index (χ3v) is 6.22. The van der Waals surface area contributed by atoms with Crippen LogP contribution in [0.25, 0.3) is 0 Å². The molecule has 30 heavy (non-hydrogen) atoms. The summed E-state index contributed by atoms with van der Waals surface area (Å²) in [5, 5.41) is 0. The maximum Gasteiger partial charge on any atom is 0.416 e. The summed E-state index contributed by atoms with van der Waals surface area (Å²) in [5.74, 6) is 0.374. The van der Waals surface area contributed by atoms with Gasteiger partial charge in [-0.3, -0.25) is 4.79 Å². The zero-order valence-electron chi connectivity index (χ0n) is 17.2.